The maximum absolute atomic E-state index is 12.3. The predicted molar refractivity (Wildman–Crippen MR) is 66.8 cm³/mol. The molecule has 3 rings (SSSR count). The van der Waals surface area contributed by atoms with Crippen molar-refractivity contribution in [3.05, 3.63) is 18.0 Å². The molecule has 2 saturated carbocycles. The zero-order chi connectivity index (χ0) is 12.0. The molecule has 1 aromatic rings. The van der Waals surface area contributed by atoms with Crippen LogP contribution in [0, 0.1) is 5.92 Å². The van der Waals surface area contributed by atoms with Gasteiger partial charge in [0, 0.05) is 25.8 Å². The molecule has 92 valence electrons. The fourth-order valence-corrected chi connectivity index (χ4v) is 2.29. The van der Waals surface area contributed by atoms with Crippen molar-refractivity contribution in [2.75, 3.05) is 19.3 Å². The van der Waals surface area contributed by atoms with Gasteiger partial charge in [0.25, 0.3) is 5.91 Å². The average Bonchev–Trinajstić information content (AvgIpc) is 3.17. The molecule has 4 nitrogen and oxygen atoms in total. The molecule has 1 aromatic heterocycles. The van der Waals surface area contributed by atoms with Crippen molar-refractivity contribution >= 4 is 11.6 Å². The zero-order valence-electron chi connectivity index (χ0n) is 10.2. The SMILES string of the molecule is CN(CC1CC1)C(=O)c1cc(N)cn1C1CC1. The van der Waals surface area contributed by atoms with E-state index >= 15 is 0 Å². The van der Waals surface area contributed by atoms with E-state index in [0.29, 0.717) is 11.7 Å². The van der Waals surface area contributed by atoms with Crippen LogP contribution in [0.3, 0.4) is 0 Å². The highest BCUT2D eigenvalue weighted by atomic mass is 16.2. The van der Waals surface area contributed by atoms with Gasteiger partial charge in [-0.05, 0) is 37.7 Å². The van der Waals surface area contributed by atoms with Gasteiger partial charge in [0.1, 0.15) is 5.69 Å². The summed E-state index contributed by atoms with van der Waals surface area (Å²) in [6, 6.07) is 2.31. The van der Waals surface area contributed by atoms with Crippen LogP contribution < -0.4 is 5.73 Å². The fourth-order valence-electron chi connectivity index (χ4n) is 2.29. The lowest BCUT2D eigenvalue weighted by atomic mass is 10.3. The van der Waals surface area contributed by atoms with Gasteiger partial charge in [0.05, 0.1) is 5.69 Å². The molecule has 2 aliphatic rings. The lowest BCUT2D eigenvalue weighted by molar-refractivity contribution is 0.0778. The van der Waals surface area contributed by atoms with Crippen molar-refractivity contribution in [1.29, 1.82) is 0 Å². The number of carbonyl (C=O) groups is 1. The van der Waals surface area contributed by atoms with Gasteiger partial charge in [-0.2, -0.15) is 0 Å². The smallest absolute Gasteiger partial charge is 0.270 e. The summed E-state index contributed by atoms with van der Waals surface area (Å²) >= 11 is 0. The van der Waals surface area contributed by atoms with Gasteiger partial charge in [0.15, 0.2) is 0 Å². The second-order valence-corrected chi connectivity index (χ2v) is 5.43. The summed E-state index contributed by atoms with van der Waals surface area (Å²) in [5.74, 6) is 0.839. The van der Waals surface area contributed by atoms with Gasteiger partial charge >= 0.3 is 0 Å². The maximum Gasteiger partial charge on any atom is 0.270 e. The van der Waals surface area contributed by atoms with E-state index in [-0.39, 0.29) is 5.91 Å². The Morgan fingerprint density at radius 3 is 2.76 bits per heavy atom. The minimum absolute atomic E-state index is 0.112. The number of nitrogen functional groups attached to an aromatic ring is 1. The zero-order valence-corrected chi connectivity index (χ0v) is 10.2. The summed E-state index contributed by atoms with van der Waals surface area (Å²) in [7, 11) is 1.89. The van der Waals surface area contributed by atoms with Gasteiger partial charge in [-0.1, -0.05) is 0 Å². The van der Waals surface area contributed by atoms with Gasteiger partial charge in [0.2, 0.25) is 0 Å². The summed E-state index contributed by atoms with van der Waals surface area (Å²) < 4.78 is 2.06. The highest BCUT2D eigenvalue weighted by Crippen LogP contribution is 2.37. The van der Waals surface area contributed by atoms with Crippen LogP contribution in [-0.4, -0.2) is 29.0 Å². The number of rotatable bonds is 4. The van der Waals surface area contributed by atoms with E-state index < -0.39 is 0 Å². The molecule has 1 amide bonds. The highest BCUT2D eigenvalue weighted by Gasteiger charge is 2.30. The molecule has 17 heavy (non-hydrogen) atoms. The van der Waals surface area contributed by atoms with Gasteiger partial charge < -0.3 is 15.2 Å². The average molecular weight is 233 g/mol. The first-order valence-electron chi connectivity index (χ1n) is 6.38. The Labute approximate surface area is 101 Å². The lowest BCUT2D eigenvalue weighted by Gasteiger charge is -2.17. The van der Waals surface area contributed by atoms with Crippen molar-refractivity contribution in [2.24, 2.45) is 5.92 Å². The van der Waals surface area contributed by atoms with Gasteiger partial charge in [-0.25, -0.2) is 0 Å². The molecule has 4 heteroatoms. The second-order valence-electron chi connectivity index (χ2n) is 5.43. The fraction of sp³-hybridized carbons (Fsp3) is 0.615. The number of anilines is 1. The molecule has 0 radical (unpaired) electrons. The van der Waals surface area contributed by atoms with Crippen molar-refractivity contribution in [3.63, 3.8) is 0 Å². The normalized spacial score (nSPS) is 19.4. The molecular formula is C13H19N3O. The first kappa shape index (κ1) is 10.7. The minimum Gasteiger partial charge on any atom is -0.397 e. The number of hydrogen-bond donors (Lipinski definition) is 1. The number of amides is 1. The molecule has 0 aliphatic heterocycles. The van der Waals surface area contributed by atoms with Crippen LogP contribution in [0.2, 0.25) is 0 Å². The first-order chi connectivity index (χ1) is 8.15. The van der Waals surface area contributed by atoms with Gasteiger partial charge in [-0.3, -0.25) is 4.79 Å². The molecule has 0 spiro atoms. The first-order valence-corrected chi connectivity index (χ1v) is 6.38. The van der Waals surface area contributed by atoms with Crippen LogP contribution in [0.4, 0.5) is 5.69 Å². The van der Waals surface area contributed by atoms with Crippen molar-refractivity contribution in [3.8, 4) is 0 Å². The lowest BCUT2D eigenvalue weighted by Crippen LogP contribution is -2.30. The topological polar surface area (TPSA) is 51.3 Å². The van der Waals surface area contributed by atoms with Crippen LogP contribution in [-0.2, 0) is 0 Å². The third-order valence-electron chi connectivity index (χ3n) is 3.60. The molecule has 0 atom stereocenters. The Bertz CT molecular complexity index is 444. The van der Waals surface area contributed by atoms with Crippen LogP contribution in [0.15, 0.2) is 12.3 Å². The number of nitrogens with two attached hydrogens (primary N) is 1. The molecule has 0 bridgehead atoms. The Balaban J connectivity index is 1.78. The Kier molecular flexibility index (Phi) is 2.38. The summed E-state index contributed by atoms with van der Waals surface area (Å²) in [5.41, 5.74) is 7.26. The van der Waals surface area contributed by atoms with Crippen LogP contribution in [0.25, 0.3) is 0 Å². The van der Waals surface area contributed by atoms with Crippen molar-refractivity contribution < 1.29 is 4.79 Å². The monoisotopic (exact) mass is 233 g/mol. The Hall–Kier alpha value is -1.45. The van der Waals surface area contributed by atoms with E-state index in [1.807, 2.05) is 24.2 Å². The van der Waals surface area contributed by atoms with E-state index in [9.17, 15) is 4.79 Å². The molecule has 0 unspecified atom stereocenters. The van der Waals surface area contributed by atoms with Crippen molar-refractivity contribution in [1.82, 2.24) is 9.47 Å². The molecule has 1 heterocycles. The third-order valence-corrected chi connectivity index (χ3v) is 3.60. The molecule has 2 fully saturated rings. The van der Waals surface area contributed by atoms with E-state index in [1.54, 1.807) is 0 Å². The number of nitrogens with zero attached hydrogens (tertiary/aromatic N) is 2. The molecule has 2 N–H and O–H groups in total. The standard InChI is InChI=1S/C13H19N3O/c1-15(7-9-2-3-9)13(17)12-6-10(14)8-16(12)11-4-5-11/h6,8-9,11H,2-5,7,14H2,1H3. The summed E-state index contributed by atoms with van der Waals surface area (Å²) in [5, 5.41) is 0. The largest absolute Gasteiger partial charge is 0.397 e. The van der Waals surface area contributed by atoms with E-state index in [4.69, 9.17) is 5.73 Å². The van der Waals surface area contributed by atoms with Crippen LogP contribution in [0.1, 0.15) is 42.2 Å². The maximum atomic E-state index is 12.3. The molecular weight excluding hydrogens is 214 g/mol. The quantitative estimate of drug-likeness (QED) is 0.863. The second kappa shape index (κ2) is 3.79. The van der Waals surface area contributed by atoms with E-state index in [2.05, 4.69) is 4.57 Å². The van der Waals surface area contributed by atoms with Gasteiger partial charge in [-0.15, -0.1) is 0 Å². The number of aromatic nitrogens is 1. The molecule has 0 saturated heterocycles. The summed E-state index contributed by atoms with van der Waals surface area (Å²) in [4.78, 5) is 14.2. The Morgan fingerprint density at radius 2 is 2.18 bits per heavy atom. The Morgan fingerprint density at radius 1 is 1.47 bits per heavy atom. The predicted octanol–water partition coefficient (Wildman–Crippen LogP) is 1.89. The van der Waals surface area contributed by atoms with E-state index in [0.717, 1.165) is 18.2 Å². The third kappa shape index (κ3) is 2.16. The molecule has 0 aromatic carbocycles. The summed E-state index contributed by atoms with van der Waals surface area (Å²) in [6.07, 6.45) is 6.77. The number of hydrogen-bond acceptors (Lipinski definition) is 2. The van der Waals surface area contributed by atoms with E-state index in [1.165, 1.54) is 25.7 Å². The highest BCUT2D eigenvalue weighted by molar-refractivity contribution is 5.93. The van der Waals surface area contributed by atoms with Crippen molar-refractivity contribution in [2.45, 2.75) is 31.7 Å². The van der Waals surface area contributed by atoms with Crippen LogP contribution in [0.5, 0.6) is 0 Å². The summed E-state index contributed by atoms with van der Waals surface area (Å²) in [6.45, 7) is 0.884. The van der Waals surface area contributed by atoms with Crippen LogP contribution >= 0.6 is 0 Å². The number of carbonyl (C=O) groups excluding carboxylic acids is 1. The molecule has 2 aliphatic carbocycles. The minimum atomic E-state index is 0.112.